The predicted octanol–water partition coefficient (Wildman–Crippen LogP) is 1.39. The molecule has 0 unspecified atom stereocenters. The van der Waals surface area contributed by atoms with Gasteiger partial charge in [0.15, 0.2) is 0 Å². The third kappa shape index (κ3) is 3.24. The van der Waals surface area contributed by atoms with Gasteiger partial charge in [0.2, 0.25) is 11.8 Å². The van der Waals surface area contributed by atoms with E-state index in [1.54, 1.807) is 11.8 Å². The van der Waals surface area contributed by atoms with E-state index in [1.807, 2.05) is 0 Å². The van der Waals surface area contributed by atoms with Crippen LogP contribution in [-0.4, -0.2) is 41.4 Å². The topological polar surface area (TPSA) is 61.4 Å². The highest BCUT2D eigenvalue weighted by Gasteiger charge is 2.44. The molecule has 0 saturated carbocycles. The molecule has 5 heteroatoms. The lowest BCUT2D eigenvalue weighted by atomic mass is 10.0. The Hall–Kier alpha value is -1.88. The number of nitrogens with zero attached hydrogens (tertiary/aromatic N) is 1. The van der Waals surface area contributed by atoms with E-state index in [-0.39, 0.29) is 23.9 Å². The van der Waals surface area contributed by atoms with Crippen LogP contribution in [0.3, 0.4) is 0 Å². The molecule has 3 rings (SSSR count). The van der Waals surface area contributed by atoms with Gasteiger partial charge in [-0.2, -0.15) is 0 Å². The molecule has 3 atom stereocenters. The zero-order valence-electron chi connectivity index (χ0n) is 14.0. The smallest absolute Gasteiger partial charge is 0.245 e. The molecule has 0 aromatic heterocycles. The summed E-state index contributed by atoms with van der Waals surface area (Å²) in [5.74, 6) is 0.539. The van der Waals surface area contributed by atoms with E-state index in [9.17, 15) is 9.59 Å². The molecular formula is C18H25N3O2. The van der Waals surface area contributed by atoms with E-state index in [2.05, 4.69) is 48.7 Å². The molecule has 2 amide bonds. The highest BCUT2D eigenvalue weighted by molar-refractivity contribution is 5.97. The molecule has 0 radical (unpaired) electrons. The first-order chi connectivity index (χ1) is 11.0. The van der Waals surface area contributed by atoms with Crippen LogP contribution in [-0.2, 0) is 16.1 Å². The second-order valence-corrected chi connectivity index (χ2v) is 6.95. The Labute approximate surface area is 137 Å². The van der Waals surface area contributed by atoms with Crippen molar-refractivity contribution in [1.29, 1.82) is 0 Å². The molecule has 2 aliphatic heterocycles. The van der Waals surface area contributed by atoms with Crippen molar-refractivity contribution >= 4 is 11.8 Å². The van der Waals surface area contributed by atoms with Crippen molar-refractivity contribution in [2.75, 3.05) is 6.54 Å². The molecule has 2 fully saturated rings. The SMILES string of the molecule is CC(C)c1ccc(CN[C@H]2C[C@H]3C(=O)N[C@@H](C)C(=O)N3C2)cc1. The van der Waals surface area contributed by atoms with Crippen molar-refractivity contribution in [3.05, 3.63) is 35.4 Å². The predicted molar refractivity (Wildman–Crippen MR) is 88.9 cm³/mol. The molecule has 2 aliphatic rings. The first-order valence-corrected chi connectivity index (χ1v) is 8.38. The van der Waals surface area contributed by atoms with Crippen LogP contribution in [0.5, 0.6) is 0 Å². The largest absolute Gasteiger partial charge is 0.343 e. The van der Waals surface area contributed by atoms with Crippen molar-refractivity contribution in [1.82, 2.24) is 15.5 Å². The van der Waals surface area contributed by atoms with Gasteiger partial charge in [0.25, 0.3) is 0 Å². The van der Waals surface area contributed by atoms with Crippen molar-refractivity contribution < 1.29 is 9.59 Å². The van der Waals surface area contributed by atoms with Gasteiger partial charge in [-0.3, -0.25) is 9.59 Å². The van der Waals surface area contributed by atoms with Crippen LogP contribution in [0, 0.1) is 0 Å². The number of nitrogens with one attached hydrogen (secondary N) is 2. The van der Waals surface area contributed by atoms with Crippen molar-refractivity contribution in [2.24, 2.45) is 0 Å². The summed E-state index contributed by atoms with van der Waals surface area (Å²) in [5, 5.41) is 6.24. The molecule has 0 bridgehead atoms. The van der Waals surface area contributed by atoms with E-state index in [1.165, 1.54) is 11.1 Å². The van der Waals surface area contributed by atoms with E-state index in [4.69, 9.17) is 0 Å². The van der Waals surface area contributed by atoms with Crippen molar-refractivity contribution in [3.63, 3.8) is 0 Å². The number of carbonyl (C=O) groups excluding carboxylic acids is 2. The molecule has 0 spiro atoms. The van der Waals surface area contributed by atoms with Gasteiger partial charge in [0, 0.05) is 19.1 Å². The van der Waals surface area contributed by atoms with Gasteiger partial charge in [-0.15, -0.1) is 0 Å². The van der Waals surface area contributed by atoms with Crippen molar-refractivity contribution in [3.8, 4) is 0 Å². The molecule has 1 aromatic rings. The lowest BCUT2D eigenvalue weighted by molar-refractivity contribution is -0.146. The first-order valence-electron chi connectivity index (χ1n) is 8.38. The summed E-state index contributed by atoms with van der Waals surface area (Å²) in [6, 6.07) is 8.08. The van der Waals surface area contributed by atoms with Gasteiger partial charge < -0.3 is 15.5 Å². The van der Waals surface area contributed by atoms with Gasteiger partial charge in [0.05, 0.1) is 0 Å². The average Bonchev–Trinajstić information content (AvgIpc) is 2.96. The Bertz CT molecular complexity index is 597. The van der Waals surface area contributed by atoms with Crippen LogP contribution in [0.2, 0.25) is 0 Å². The number of piperazine rings is 1. The monoisotopic (exact) mass is 315 g/mol. The Morgan fingerprint density at radius 3 is 2.61 bits per heavy atom. The molecule has 0 aliphatic carbocycles. The van der Waals surface area contributed by atoms with Crippen LogP contribution < -0.4 is 10.6 Å². The molecule has 5 nitrogen and oxygen atoms in total. The number of carbonyl (C=O) groups is 2. The lowest BCUT2D eigenvalue weighted by Crippen LogP contribution is -2.60. The van der Waals surface area contributed by atoms with Crippen molar-refractivity contribution in [2.45, 2.75) is 57.8 Å². The summed E-state index contributed by atoms with van der Waals surface area (Å²) < 4.78 is 0. The number of rotatable bonds is 4. The quantitative estimate of drug-likeness (QED) is 0.882. The average molecular weight is 315 g/mol. The Morgan fingerprint density at radius 1 is 1.26 bits per heavy atom. The van der Waals surface area contributed by atoms with E-state index < -0.39 is 6.04 Å². The van der Waals surface area contributed by atoms with Crippen LogP contribution in [0.15, 0.2) is 24.3 Å². The van der Waals surface area contributed by atoms with E-state index >= 15 is 0 Å². The van der Waals surface area contributed by atoms with E-state index in [0.717, 1.165) is 6.54 Å². The Morgan fingerprint density at radius 2 is 1.96 bits per heavy atom. The third-order valence-corrected chi connectivity index (χ3v) is 4.86. The standard InChI is InChI=1S/C18H25N3O2/c1-11(2)14-6-4-13(5-7-14)9-19-15-8-16-17(22)20-12(3)18(23)21(16)10-15/h4-7,11-12,15-16,19H,8-10H2,1-3H3,(H,20,22)/t12-,15-,16-/m0/s1. The first kappa shape index (κ1) is 16.0. The summed E-state index contributed by atoms with van der Waals surface area (Å²) in [7, 11) is 0. The Balaban J connectivity index is 1.58. The highest BCUT2D eigenvalue weighted by atomic mass is 16.2. The molecular weight excluding hydrogens is 290 g/mol. The minimum atomic E-state index is -0.402. The zero-order chi connectivity index (χ0) is 16.6. The summed E-state index contributed by atoms with van der Waals surface area (Å²) in [6.07, 6.45) is 0.689. The fraction of sp³-hybridized carbons (Fsp3) is 0.556. The number of hydrogen-bond donors (Lipinski definition) is 2. The fourth-order valence-corrected chi connectivity index (χ4v) is 3.38. The van der Waals surface area contributed by atoms with Crippen LogP contribution in [0.4, 0.5) is 0 Å². The zero-order valence-corrected chi connectivity index (χ0v) is 14.0. The molecule has 124 valence electrons. The summed E-state index contributed by atoms with van der Waals surface area (Å²) in [4.78, 5) is 25.9. The Kier molecular flexibility index (Phi) is 4.39. The van der Waals surface area contributed by atoms with Gasteiger partial charge in [0.1, 0.15) is 12.1 Å². The van der Waals surface area contributed by atoms with Gasteiger partial charge in [-0.05, 0) is 30.4 Å². The molecule has 2 saturated heterocycles. The van der Waals surface area contributed by atoms with E-state index in [0.29, 0.717) is 18.9 Å². The maximum Gasteiger partial charge on any atom is 0.245 e. The van der Waals surface area contributed by atoms with Crippen LogP contribution >= 0.6 is 0 Å². The fourth-order valence-electron chi connectivity index (χ4n) is 3.38. The summed E-state index contributed by atoms with van der Waals surface area (Å²) in [6.45, 7) is 7.49. The molecule has 23 heavy (non-hydrogen) atoms. The number of fused-ring (bicyclic) bond motifs is 1. The van der Waals surface area contributed by atoms with Crippen LogP contribution in [0.25, 0.3) is 0 Å². The van der Waals surface area contributed by atoms with Gasteiger partial charge in [-0.25, -0.2) is 0 Å². The summed E-state index contributed by atoms with van der Waals surface area (Å²) >= 11 is 0. The number of benzene rings is 1. The third-order valence-electron chi connectivity index (χ3n) is 4.86. The number of amides is 2. The lowest BCUT2D eigenvalue weighted by Gasteiger charge is -2.32. The maximum atomic E-state index is 12.2. The minimum Gasteiger partial charge on any atom is -0.343 e. The molecule has 1 aromatic carbocycles. The second kappa shape index (κ2) is 6.32. The summed E-state index contributed by atoms with van der Waals surface area (Å²) in [5.41, 5.74) is 2.56. The maximum absolute atomic E-state index is 12.2. The molecule has 2 heterocycles. The van der Waals surface area contributed by atoms with Crippen LogP contribution in [0.1, 0.15) is 44.2 Å². The highest BCUT2D eigenvalue weighted by Crippen LogP contribution is 2.23. The minimum absolute atomic E-state index is 0.0253. The molecule has 2 N–H and O–H groups in total. The normalized spacial score (nSPS) is 27.3. The van der Waals surface area contributed by atoms with Gasteiger partial charge >= 0.3 is 0 Å². The van der Waals surface area contributed by atoms with Gasteiger partial charge in [-0.1, -0.05) is 38.1 Å². The second-order valence-electron chi connectivity index (χ2n) is 6.95. The number of hydrogen-bond acceptors (Lipinski definition) is 3.